The van der Waals surface area contributed by atoms with E-state index in [1.807, 2.05) is 18.2 Å². The minimum absolute atomic E-state index is 0.109. The topological polar surface area (TPSA) is 35.2 Å². The molecule has 0 unspecified atom stereocenters. The lowest BCUT2D eigenvalue weighted by Gasteiger charge is -2.22. The van der Waals surface area contributed by atoms with Crippen LogP contribution < -0.4 is 10.5 Å². The number of rotatable bonds is 3. The molecule has 2 N–H and O–H groups in total. The van der Waals surface area contributed by atoms with Crippen LogP contribution in [0, 0.1) is 5.41 Å². The number of methoxy groups -OCH3 is 1. The molecule has 0 amide bonds. The molecule has 1 aromatic rings. The molecular formula is C14H21NO. The fourth-order valence-electron chi connectivity index (χ4n) is 1.51. The van der Waals surface area contributed by atoms with Gasteiger partial charge in [-0.15, -0.1) is 0 Å². The van der Waals surface area contributed by atoms with Gasteiger partial charge in [0.2, 0.25) is 0 Å². The lowest BCUT2D eigenvalue weighted by molar-refractivity contribution is 0.414. The maximum Gasteiger partial charge on any atom is 0.119 e. The zero-order valence-electron chi connectivity index (χ0n) is 10.6. The van der Waals surface area contributed by atoms with E-state index in [2.05, 4.69) is 32.9 Å². The number of hydrogen-bond acceptors (Lipinski definition) is 2. The van der Waals surface area contributed by atoms with Crippen molar-refractivity contribution in [2.24, 2.45) is 11.1 Å². The van der Waals surface area contributed by atoms with Gasteiger partial charge in [0, 0.05) is 6.54 Å². The van der Waals surface area contributed by atoms with E-state index >= 15 is 0 Å². The van der Waals surface area contributed by atoms with Crippen molar-refractivity contribution in [3.63, 3.8) is 0 Å². The summed E-state index contributed by atoms with van der Waals surface area (Å²) < 4.78 is 5.20. The molecule has 0 radical (unpaired) electrons. The number of ether oxygens (including phenoxy) is 1. The maximum atomic E-state index is 5.78. The highest BCUT2D eigenvalue weighted by Gasteiger charge is 2.15. The summed E-state index contributed by atoms with van der Waals surface area (Å²) >= 11 is 0. The summed E-state index contributed by atoms with van der Waals surface area (Å²) in [6.07, 6.45) is 2.14. The van der Waals surface area contributed by atoms with Gasteiger partial charge in [0.25, 0.3) is 0 Å². The van der Waals surface area contributed by atoms with Crippen molar-refractivity contribution in [1.82, 2.24) is 0 Å². The molecule has 0 saturated carbocycles. The molecule has 2 nitrogen and oxygen atoms in total. The summed E-state index contributed by atoms with van der Waals surface area (Å²) in [6.45, 7) is 7.10. The van der Waals surface area contributed by atoms with Gasteiger partial charge in [0.05, 0.1) is 7.11 Å². The Kier molecular flexibility index (Phi) is 4.13. The highest BCUT2D eigenvalue weighted by molar-refractivity contribution is 5.56. The van der Waals surface area contributed by atoms with E-state index in [0.717, 1.165) is 11.3 Å². The first-order valence-corrected chi connectivity index (χ1v) is 5.52. The van der Waals surface area contributed by atoms with Crippen molar-refractivity contribution < 1.29 is 4.74 Å². The molecule has 0 atom stereocenters. The van der Waals surface area contributed by atoms with E-state index in [4.69, 9.17) is 10.5 Å². The van der Waals surface area contributed by atoms with Gasteiger partial charge in [-0.2, -0.15) is 0 Å². The third-order valence-electron chi connectivity index (χ3n) is 2.62. The van der Waals surface area contributed by atoms with Gasteiger partial charge >= 0.3 is 0 Å². The first-order chi connectivity index (χ1) is 7.47. The molecule has 0 aliphatic rings. The Morgan fingerprint density at radius 1 is 1.38 bits per heavy atom. The second kappa shape index (κ2) is 5.17. The van der Waals surface area contributed by atoms with Crippen LogP contribution in [0.3, 0.4) is 0 Å². The summed E-state index contributed by atoms with van der Waals surface area (Å²) in [5, 5.41) is 0. The second-order valence-corrected chi connectivity index (χ2v) is 4.90. The van der Waals surface area contributed by atoms with E-state index in [0.29, 0.717) is 6.54 Å². The lowest BCUT2D eigenvalue weighted by Crippen LogP contribution is -2.17. The van der Waals surface area contributed by atoms with Crippen LogP contribution in [0.15, 0.2) is 29.8 Å². The molecule has 0 aromatic heterocycles. The molecular weight excluding hydrogens is 198 g/mol. The predicted octanol–water partition coefficient (Wildman–Crippen LogP) is 3.08. The lowest BCUT2D eigenvalue weighted by atomic mass is 9.85. The SMILES string of the molecule is COc1cccc(/C=C(\CN)C(C)(C)C)c1. The highest BCUT2D eigenvalue weighted by atomic mass is 16.5. The fraction of sp³-hybridized carbons (Fsp3) is 0.429. The highest BCUT2D eigenvalue weighted by Crippen LogP contribution is 2.27. The monoisotopic (exact) mass is 219 g/mol. The molecule has 0 saturated heterocycles. The van der Waals surface area contributed by atoms with Crippen LogP contribution in [0.25, 0.3) is 6.08 Å². The summed E-state index contributed by atoms with van der Waals surface area (Å²) in [7, 11) is 1.68. The summed E-state index contributed by atoms with van der Waals surface area (Å²) in [5.74, 6) is 0.874. The molecule has 0 heterocycles. The number of nitrogens with two attached hydrogens (primary N) is 1. The smallest absolute Gasteiger partial charge is 0.119 e. The van der Waals surface area contributed by atoms with Crippen molar-refractivity contribution in [3.8, 4) is 5.75 Å². The Morgan fingerprint density at radius 3 is 2.56 bits per heavy atom. The van der Waals surface area contributed by atoms with E-state index < -0.39 is 0 Å². The second-order valence-electron chi connectivity index (χ2n) is 4.90. The predicted molar refractivity (Wildman–Crippen MR) is 69.5 cm³/mol. The summed E-state index contributed by atoms with van der Waals surface area (Å²) in [6, 6.07) is 8.00. The first kappa shape index (κ1) is 12.8. The van der Waals surface area contributed by atoms with Crippen molar-refractivity contribution in [1.29, 1.82) is 0 Å². The molecule has 0 fully saturated rings. The minimum atomic E-state index is 0.109. The van der Waals surface area contributed by atoms with Crippen LogP contribution in [-0.4, -0.2) is 13.7 Å². The Balaban J connectivity index is 3.04. The average molecular weight is 219 g/mol. The van der Waals surface area contributed by atoms with Crippen LogP contribution in [0.4, 0.5) is 0 Å². The third kappa shape index (κ3) is 3.38. The Morgan fingerprint density at radius 2 is 2.06 bits per heavy atom. The molecule has 1 aromatic carbocycles. The average Bonchev–Trinajstić information content (AvgIpc) is 2.24. The van der Waals surface area contributed by atoms with Crippen molar-refractivity contribution in [3.05, 3.63) is 35.4 Å². The quantitative estimate of drug-likeness (QED) is 0.848. The van der Waals surface area contributed by atoms with Crippen molar-refractivity contribution >= 4 is 6.08 Å². The van der Waals surface area contributed by atoms with Crippen LogP contribution >= 0.6 is 0 Å². The van der Waals surface area contributed by atoms with E-state index in [1.54, 1.807) is 7.11 Å². The van der Waals surface area contributed by atoms with Crippen LogP contribution in [-0.2, 0) is 0 Å². The van der Waals surface area contributed by atoms with Crippen molar-refractivity contribution in [2.75, 3.05) is 13.7 Å². The normalized spacial score (nSPS) is 12.7. The van der Waals surface area contributed by atoms with Gasteiger partial charge in [0.1, 0.15) is 5.75 Å². The van der Waals surface area contributed by atoms with Crippen LogP contribution in [0.2, 0.25) is 0 Å². The third-order valence-corrected chi connectivity index (χ3v) is 2.62. The van der Waals surface area contributed by atoms with Crippen LogP contribution in [0.5, 0.6) is 5.75 Å². The standard InChI is InChI=1S/C14H21NO/c1-14(2,3)12(10-15)8-11-6-5-7-13(9-11)16-4/h5-9H,10,15H2,1-4H3/b12-8+. The zero-order valence-corrected chi connectivity index (χ0v) is 10.6. The first-order valence-electron chi connectivity index (χ1n) is 5.52. The van der Waals surface area contributed by atoms with Crippen molar-refractivity contribution in [2.45, 2.75) is 20.8 Å². The molecule has 0 aliphatic carbocycles. The Labute approximate surface area is 98.1 Å². The summed E-state index contributed by atoms with van der Waals surface area (Å²) in [5.41, 5.74) is 8.26. The molecule has 0 bridgehead atoms. The van der Waals surface area contributed by atoms with Gasteiger partial charge in [0.15, 0.2) is 0 Å². The van der Waals surface area contributed by atoms with Gasteiger partial charge in [-0.3, -0.25) is 0 Å². The fourth-order valence-corrected chi connectivity index (χ4v) is 1.51. The maximum absolute atomic E-state index is 5.78. The van der Waals surface area contributed by atoms with Crippen LogP contribution in [0.1, 0.15) is 26.3 Å². The molecule has 0 spiro atoms. The minimum Gasteiger partial charge on any atom is -0.497 e. The molecule has 2 heteroatoms. The number of hydrogen-bond donors (Lipinski definition) is 1. The zero-order chi connectivity index (χ0) is 12.2. The Bertz CT molecular complexity index is 375. The number of benzene rings is 1. The van der Waals surface area contributed by atoms with Gasteiger partial charge in [-0.1, -0.05) is 44.6 Å². The molecule has 1 rings (SSSR count). The van der Waals surface area contributed by atoms with Gasteiger partial charge in [-0.05, 0) is 23.1 Å². The largest absolute Gasteiger partial charge is 0.497 e. The molecule has 0 aliphatic heterocycles. The summed E-state index contributed by atoms with van der Waals surface area (Å²) in [4.78, 5) is 0. The van der Waals surface area contributed by atoms with Gasteiger partial charge in [-0.25, -0.2) is 0 Å². The van der Waals surface area contributed by atoms with E-state index in [9.17, 15) is 0 Å². The molecule has 16 heavy (non-hydrogen) atoms. The molecule has 88 valence electrons. The van der Waals surface area contributed by atoms with Gasteiger partial charge < -0.3 is 10.5 Å². The van der Waals surface area contributed by atoms with E-state index in [-0.39, 0.29) is 5.41 Å². The Hall–Kier alpha value is -1.28. The van der Waals surface area contributed by atoms with E-state index in [1.165, 1.54) is 5.57 Å².